The number of nitrogens with one attached hydrogen (secondary N) is 1. The number of hydrogen-bond donors (Lipinski definition) is 3. The molecule has 0 aromatic heterocycles. The van der Waals surface area contributed by atoms with Gasteiger partial charge in [0.05, 0.1) is 18.1 Å². The first-order valence-electron chi connectivity index (χ1n) is 9.89. The van der Waals surface area contributed by atoms with Crippen molar-refractivity contribution < 1.29 is 15.0 Å². The van der Waals surface area contributed by atoms with Gasteiger partial charge in [-0.25, -0.2) is 0 Å². The normalized spacial score (nSPS) is 45.6. The molecule has 0 spiro atoms. The van der Waals surface area contributed by atoms with Crippen LogP contribution >= 0.6 is 11.6 Å². The number of aliphatic hydroxyl groups is 2. The Bertz CT molecular complexity index is 716. The first kappa shape index (κ1) is 17.0. The van der Waals surface area contributed by atoms with Crippen LogP contribution in [0.2, 0.25) is 5.02 Å². The van der Waals surface area contributed by atoms with Gasteiger partial charge in [-0.15, -0.1) is 0 Å². The van der Waals surface area contributed by atoms with E-state index in [1.54, 1.807) is 0 Å². The Labute approximate surface area is 158 Å². The highest BCUT2D eigenvalue weighted by atomic mass is 35.5. The van der Waals surface area contributed by atoms with Gasteiger partial charge in [-0.3, -0.25) is 4.79 Å². The lowest BCUT2D eigenvalue weighted by Crippen LogP contribution is -2.53. The van der Waals surface area contributed by atoms with Crippen molar-refractivity contribution in [2.75, 3.05) is 6.54 Å². The van der Waals surface area contributed by atoms with Gasteiger partial charge < -0.3 is 15.5 Å². The van der Waals surface area contributed by atoms with E-state index in [0.717, 1.165) is 37.1 Å². The number of aliphatic hydroxyl groups excluding tert-OH is 2. The van der Waals surface area contributed by atoms with E-state index >= 15 is 0 Å². The molecule has 0 radical (unpaired) electrons. The van der Waals surface area contributed by atoms with E-state index in [4.69, 9.17) is 11.6 Å². The number of halogens is 1. The molecule has 0 saturated heterocycles. The van der Waals surface area contributed by atoms with Crippen LogP contribution in [0.4, 0.5) is 0 Å². The maximum atomic E-state index is 13.0. The standard InChI is InChI=1S/C21H26ClNO3/c22-15-3-1-14(2-4-15)21-6-5-11(9-21)17(21)20(26)23-10-13-7-12-8-16(13)19(25)18(12)24/h1-4,11-13,16-19,24-25H,5-10H2,(H,23,26)/t11-,12-,13-,16-,17+,18+,19-,21+/m1/s1. The summed E-state index contributed by atoms with van der Waals surface area (Å²) in [5.74, 6) is 1.38. The Morgan fingerprint density at radius 2 is 1.92 bits per heavy atom. The fourth-order valence-electron chi connectivity index (χ4n) is 6.67. The van der Waals surface area contributed by atoms with E-state index in [9.17, 15) is 15.0 Å². The number of hydrogen-bond acceptors (Lipinski definition) is 3. The minimum atomic E-state index is -0.615. The van der Waals surface area contributed by atoms with Crippen molar-refractivity contribution in [2.45, 2.75) is 49.7 Å². The molecule has 0 heterocycles. The maximum Gasteiger partial charge on any atom is 0.224 e. The molecule has 1 amide bonds. The number of carbonyl (C=O) groups excluding carboxylic acids is 1. The van der Waals surface area contributed by atoms with Crippen molar-refractivity contribution in [1.29, 1.82) is 0 Å². The van der Waals surface area contributed by atoms with E-state index in [-0.39, 0.29) is 29.1 Å². The molecule has 1 aromatic carbocycles. The van der Waals surface area contributed by atoms with E-state index in [0.29, 0.717) is 18.4 Å². The monoisotopic (exact) mass is 375 g/mol. The lowest BCUT2D eigenvalue weighted by Gasteiger charge is -2.47. The molecule has 5 aliphatic rings. The van der Waals surface area contributed by atoms with Crippen molar-refractivity contribution in [2.24, 2.45) is 29.6 Å². The summed E-state index contributed by atoms with van der Waals surface area (Å²) < 4.78 is 0. The number of rotatable bonds is 4. The summed E-state index contributed by atoms with van der Waals surface area (Å²) in [5, 5.41) is 24.0. The Hall–Kier alpha value is -1.10. The quantitative estimate of drug-likeness (QED) is 0.757. The van der Waals surface area contributed by atoms with Gasteiger partial charge in [0.1, 0.15) is 0 Å². The number of amides is 1. The van der Waals surface area contributed by atoms with Crippen molar-refractivity contribution in [3.05, 3.63) is 34.9 Å². The van der Waals surface area contributed by atoms with E-state index in [1.165, 1.54) is 5.56 Å². The third-order valence-corrected chi connectivity index (χ3v) is 8.20. The van der Waals surface area contributed by atoms with Gasteiger partial charge in [0.2, 0.25) is 5.91 Å². The molecule has 5 heteroatoms. The topological polar surface area (TPSA) is 69.6 Å². The highest BCUT2D eigenvalue weighted by Crippen LogP contribution is 2.64. The molecule has 4 bridgehead atoms. The fourth-order valence-corrected chi connectivity index (χ4v) is 6.79. The van der Waals surface area contributed by atoms with E-state index in [1.807, 2.05) is 12.1 Å². The third-order valence-electron chi connectivity index (χ3n) is 7.95. The number of fused-ring (bicyclic) bond motifs is 3. The van der Waals surface area contributed by atoms with Crippen LogP contribution in [-0.2, 0) is 10.2 Å². The summed E-state index contributed by atoms with van der Waals surface area (Å²) in [6.07, 6.45) is 3.93. The van der Waals surface area contributed by atoms with Gasteiger partial charge in [-0.2, -0.15) is 0 Å². The van der Waals surface area contributed by atoms with Gasteiger partial charge in [0.15, 0.2) is 0 Å². The molecule has 3 N–H and O–H groups in total. The highest BCUT2D eigenvalue weighted by Gasteiger charge is 2.62. The first-order valence-corrected chi connectivity index (χ1v) is 10.3. The Balaban J connectivity index is 1.26. The second-order valence-electron chi connectivity index (χ2n) is 9.03. The summed E-state index contributed by atoms with van der Waals surface area (Å²) in [7, 11) is 0. The summed E-state index contributed by atoms with van der Waals surface area (Å²) in [4.78, 5) is 13.0. The van der Waals surface area contributed by atoms with Gasteiger partial charge >= 0.3 is 0 Å². The third kappa shape index (κ3) is 2.31. The molecule has 5 aliphatic carbocycles. The minimum Gasteiger partial charge on any atom is -0.390 e. The highest BCUT2D eigenvalue weighted by molar-refractivity contribution is 6.30. The molecular formula is C21H26ClNO3. The molecule has 0 aliphatic heterocycles. The predicted octanol–water partition coefficient (Wildman–Crippen LogP) is 2.50. The zero-order valence-electron chi connectivity index (χ0n) is 14.8. The SMILES string of the molecule is O=C(NC[C@H]1C[C@@H]2C[C@H]1[C@@H](O)[C@H]2O)[C@@H]1[C@@H]2CC[C@@]1(c1ccc(Cl)cc1)C2. The largest absolute Gasteiger partial charge is 0.390 e. The minimum absolute atomic E-state index is 0.0102. The molecule has 4 nitrogen and oxygen atoms in total. The summed E-state index contributed by atoms with van der Waals surface area (Å²) in [6, 6.07) is 8.01. The van der Waals surface area contributed by atoms with Crippen molar-refractivity contribution in [3.8, 4) is 0 Å². The Morgan fingerprint density at radius 1 is 1.15 bits per heavy atom. The van der Waals surface area contributed by atoms with Crippen LogP contribution in [0.25, 0.3) is 0 Å². The Morgan fingerprint density at radius 3 is 2.58 bits per heavy atom. The van der Waals surface area contributed by atoms with Crippen LogP contribution < -0.4 is 5.32 Å². The molecular weight excluding hydrogens is 350 g/mol. The van der Waals surface area contributed by atoms with Crippen LogP contribution in [0.1, 0.15) is 37.7 Å². The smallest absolute Gasteiger partial charge is 0.224 e. The molecule has 1 aromatic rings. The second kappa shape index (κ2) is 5.95. The zero-order valence-corrected chi connectivity index (χ0v) is 15.5. The fraction of sp³-hybridized carbons (Fsp3) is 0.667. The molecule has 6 rings (SSSR count). The molecule has 0 unspecified atom stereocenters. The Kier molecular flexibility index (Phi) is 3.90. The molecule has 8 atom stereocenters. The van der Waals surface area contributed by atoms with Gasteiger partial charge in [0.25, 0.3) is 0 Å². The van der Waals surface area contributed by atoms with Crippen molar-refractivity contribution in [3.63, 3.8) is 0 Å². The average molecular weight is 376 g/mol. The lowest BCUT2D eigenvalue weighted by atomic mass is 9.56. The maximum absolute atomic E-state index is 13.0. The van der Waals surface area contributed by atoms with Crippen LogP contribution in [0.3, 0.4) is 0 Å². The lowest BCUT2D eigenvalue weighted by molar-refractivity contribution is -0.133. The van der Waals surface area contributed by atoms with Gasteiger partial charge in [-0.05, 0) is 73.5 Å². The van der Waals surface area contributed by atoms with Crippen LogP contribution in [0.15, 0.2) is 24.3 Å². The number of carbonyl (C=O) groups is 1. The molecule has 26 heavy (non-hydrogen) atoms. The number of benzene rings is 1. The molecule has 5 saturated carbocycles. The molecule has 140 valence electrons. The summed E-state index contributed by atoms with van der Waals surface area (Å²) in [5.41, 5.74) is 1.23. The van der Waals surface area contributed by atoms with E-state index in [2.05, 4.69) is 17.4 Å². The summed E-state index contributed by atoms with van der Waals surface area (Å²) in [6.45, 7) is 0.629. The van der Waals surface area contributed by atoms with Crippen molar-refractivity contribution >= 4 is 17.5 Å². The van der Waals surface area contributed by atoms with Crippen LogP contribution in [0.5, 0.6) is 0 Å². The average Bonchev–Trinajstić information content (AvgIpc) is 3.36. The van der Waals surface area contributed by atoms with Gasteiger partial charge in [0, 0.05) is 17.0 Å². The predicted molar refractivity (Wildman–Crippen MR) is 98.7 cm³/mol. The van der Waals surface area contributed by atoms with Gasteiger partial charge in [-0.1, -0.05) is 23.7 Å². The zero-order chi connectivity index (χ0) is 18.1. The van der Waals surface area contributed by atoms with Crippen LogP contribution in [0, 0.1) is 29.6 Å². The van der Waals surface area contributed by atoms with E-state index < -0.39 is 12.2 Å². The molecule has 5 fully saturated rings. The van der Waals surface area contributed by atoms with Crippen LogP contribution in [-0.4, -0.2) is 34.9 Å². The first-order chi connectivity index (χ1) is 12.5. The van der Waals surface area contributed by atoms with Crippen molar-refractivity contribution in [1.82, 2.24) is 5.32 Å². The summed E-state index contributed by atoms with van der Waals surface area (Å²) >= 11 is 6.03. The second-order valence-corrected chi connectivity index (χ2v) is 9.46.